The maximum absolute atomic E-state index is 5.95. The Labute approximate surface area is 115 Å². The average molecular weight is 286 g/mol. The molecule has 0 aliphatic heterocycles. The highest BCUT2D eigenvalue weighted by Gasteiger charge is 2.16. The summed E-state index contributed by atoms with van der Waals surface area (Å²) in [6.45, 7) is 2.05. The molecule has 0 saturated carbocycles. The predicted molar refractivity (Wildman–Crippen MR) is 71.8 cm³/mol. The molecular weight excluding hydrogens is 273 g/mol. The van der Waals surface area contributed by atoms with Gasteiger partial charge in [0.2, 0.25) is 11.8 Å². The van der Waals surface area contributed by atoms with Crippen LogP contribution in [0.4, 0.5) is 0 Å². The van der Waals surface area contributed by atoms with Crippen LogP contribution in [0.5, 0.6) is 0 Å². The van der Waals surface area contributed by atoms with Crippen LogP contribution in [0.2, 0.25) is 10.0 Å². The molecular formula is C12H13Cl2N3O. The minimum absolute atomic E-state index is 0.0639. The second-order valence-electron chi connectivity index (χ2n) is 3.82. The lowest BCUT2D eigenvalue weighted by Crippen LogP contribution is -2.15. The van der Waals surface area contributed by atoms with E-state index in [9.17, 15) is 0 Å². The van der Waals surface area contributed by atoms with Crippen molar-refractivity contribution < 1.29 is 4.42 Å². The first-order valence-corrected chi connectivity index (χ1v) is 6.37. The maximum Gasteiger partial charge on any atom is 0.247 e. The van der Waals surface area contributed by atoms with E-state index in [1.165, 1.54) is 0 Å². The molecule has 2 rings (SSSR count). The number of aromatic nitrogens is 2. The van der Waals surface area contributed by atoms with E-state index >= 15 is 0 Å². The van der Waals surface area contributed by atoms with Gasteiger partial charge in [0, 0.05) is 5.56 Å². The van der Waals surface area contributed by atoms with E-state index in [4.69, 9.17) is 27.6 Å². The number of nitrogens with zero attached hydrogens (tertiary/aromatic N) is 2. The normalized spacial score (nSPS) is 12.7. The van der Waals surface area contributed by atoms with Gasteiger partial charge in [0.25, 0.3) is 0 Å². The van der Waals surface area contributed by atoms with Gasteiger partial charge >= 0.3 is 0 Å². The molecule has 1 unspecified atom stereocenters. The maximum atomic E-state index is 5.95. The van der Waals surface area contributed by atoms with E-state index in [0.29, 0.717) is 21.8 Å². The first kappa shape index (κ1) is 13.3. The fourth-order valence-electron chi connectivity index (χ4n) is 1.62. The number of hydrogen-bond donors (Lipinski definition) is 1. The summed E-state index contributed by atoms with van der Waals surface area (Å²) < 4.78 is 5.62. The van der Waals surface area contributed by atoms with Crippen molar-refractivity contribution in [2.24, 2.45) is 0 Å². The Morgan fingerprint density at radius 3 is 2.67 bits per heavy atom. The molecule has 18 heavy (non-hydrogen) atoms. The molecule has 96 valence electrons. The Morgan fingerprint density at radius 2 is 2.06 bits per heavy atom. The van der Waals surface area contributed by atoms with Crippen LogP contribution in [0.3, 0.4) is 0 Å². The number of hydrogen-bond acceptors (Lipinski definition) is 4. The average Bonchev–Trinajstić information content (AvgIpc) is 2.84. The molecule has 0 amide bonds. The molecule has 1 atom stereocenters. The van der Waals surface area contributed by atoms with Gasteiger partial charge in [0.1, 0.15) is 0 Å². The van der Waals surface area contributed by atoms with Crippen molar-refractivity contribution in [3.63, 3.8) is 0 Å². The van der Waals surface area contributed by atoms with Gasteiger partial charge in [-0.25, -0.2) is 0 Å². The van der Waals surface area contributed by atoms with Crippen LogP contribution < -0.4 is 5.32 Å². The Kier molecular flexibility index (Phi) is 4.22. The quantitative estimate of drug-likeness (QED) is 0.930. The van der Waals surface area contributed by atoms with Gasteiger partial charge in [-0.15, -0.1) is 10.2 Å². The Balaban J connectivity index is 2.31. The molecule has 1 N–H and O–H groups in total. The summed E-state index contributed by atoms with van der Waals surface area (Å²) in [7, 11) is 1.86. The molecule has 0 spiro atoms. The molecule has 6 heteroatoms. The summed E-state index contributed by atoms with van der Waals surface area (Å²) in [6, 6.07) is 5.28. The minimum atomic E-state index is 0.0639. The van der Waals surface area contributed by atoms with E-state index in [1.54, 1.807) is 18.2 Å². The largest absolute Gasteiger partial charge is 0.419 e. The van der Waals surface area contributed by atoms with E-state index in [0.717, 1.165) is 12.0 Å². The second kappa shape index (κ2) is 5.69. The summed E-state index contributed by atoms with van der Waals surface area (Å²) in [6.07, 6.45) is 0.875. The summed E-state index contributed by atoms with van der Waals surface area (Å²) in [5.41, 5.74) is 0.758. The summed E-state index contributed by atoms with van der Waals surface area (Å²) in [5.74, 6) is 1.01. The monoisotopic (exact) mass is 285 g/mol. The van der Waals surface area contributed by atoms with E-state index in [2.05, 4.69) is 15.5 Å². The number of halogens is 2. The van der Waals surface area contributed by atoms with Crippen LogP contribution >= 0.6 is 23.2 Å². The zero-order chi connectivity index (χ0) is 13.1. The molecule has 0 aliphatic carbocycles. The standard InChI is InChI=1S/C12H13Cl2N3O/c1-3-10(15-2)12-17-16-11(18-12)7-4-5-8(13)9(14)6-7/h4-6,10,15H,3H2,1-2H3. The Bertz CT molecular complexity index is 538. The first-order valence-electron chi connectivity index (χ1n) is 5.61. The lowest BCUT2D eigenvalue weighted by atomic mass is 10.2. The zero-order valence-corrected chi connectivity index (χ0v) is 11.6. The lowest BCUT2D eigenvalue weighted by Gasteiger charge is -2.07. The van der Waals surface area contributed by atoms with Crippen LogP contribution in [-0.4, -0.2) is 17.2 Å². The fraction of sp³-hybridized carbons (Fsp3) is 0.333. The molecule has 1 heterocycles. The van der Waals surface area contributed by atoms with Crippen LogP contribution in [0.15, 0.2) is 22.6 Å². The van der Waals surface area contributed by atoms with Crippen molar-refractivity contribution in [3.05, 3.63) is 34.1 Å². The van der Waals surface area contributed by atoms with Gasteiger partial charge in [-0.05, 0) is 31.7 Å². The number of rotatable bonds is 4. The van der Waals surface area contributed by atoms with Gasteiger partial charge in [-0.1, -0.05) is 30.1 Å². The van der Waals surface area contributed by atoms with Crippen molar-refractivity contribution in [2.75, 3.05) is 7.05 Å². The smallest absolute Gasteiger partial charge is 0.247 e. The SMILES string of the molecule is CCC(NC)c1nnc(-c2ccc(Cl)c(Cl)c2)o1. The number of benzene rings is 1. The topological polar surface area (TPSA) is 51.0 Å². The molecule has 0 saturated heterocycles. The van der Waals surface area contributed by atoms with Crippen molar-refractivity contribution >= 4 is 23.2 Å². The van der Waals surface area contributed by atoms with E-state index in [1.807, 2.05) is 14.0 Å². The molecule has 4 nitrogen and oxygen atoms in total. The molecule has 0 aliphatic rings. The van der Waals surface area contributed by atoms with Crippen molar-refractivity contribution in [1.82, 2.24) is 15.5 Å². The lowest BCUT2D eigenvalue weighted by molar-refractivity contribution is 0.415. The van der Waals surface area contributed by atoms with Gasteiger partial charge in [0.05, 0.1) is 16.1 Å². The van der Waals surface area contributed by atoms with Crippen LogP contribution in [0.25, 0.3) is 11.5 Å². The van der Waals surface area contributed by atoms with Crippen LogP contribution in [-0.2, 0) is 0 Å². The summed E-state index contributed by atoms with van der Waals surface area (Å²) in [4.78, 5) is 0. The highest BCUT2D eigenvalue weighted by Crippen LogP contribution is 2.28. The molecule has 1 aromatic heterocycles. The van der Waals surface area contributed by atoms with Crippen LogP contribution in [0, 0.1) is 0 Å². The third-order valence-corrected chi connectivity index (χ3v) is 3.40. The van der Waals surface area contributed by atoms with Crippen molar-refractivity contribution in [3.8, 4) is 11.5 Å². The van der Waals surface area contributed by atoms with Crippen LogP contribution in [0.1, 0.15) is 25.3 Å². The molecule has 0 radical (unpaired) electrons. The number of nitrogens with one attached hydrogen (secondary N) is 1. The molecule has 0 bridgehead atoms. The Morgan fingerprint density at radius 1 is 1.28 bits per heavy atom. The van der Waals surface area contributed by atoms with E-state index in [-0.39, 0.29) is 6.04 Å². The Hall–Kier alpha value is -1.10. The highest BCUT2D eigenvalue weighted by atomic mass is 35.5. The first-order chi connectivity index (χ1) is 8.65. The molecule has 2 aromatic rings. The summed E-state index contributed by atoms with van der Waals surface area (Å²) >= 11 is 11.8. The third kappa shape index (κ3) is 2.66. The minimum Gasteiger partial charge on any atom is -0.419 e. The van der Waals surface area contributed by atoms with Gasteiger partial charge in [-0.3, -0.25) is 0 Å². The fourth-order valence-corrected chi connectivity index (χ4v) is 1.92. The summed E-state index contributed by atoms with van der Waals surface area (Å²) in [5, 5.41) is 12.1. The van der Waals surface area contributed by atoms with Gasteiger partial charge in [0.15, 0.2) is 0 Å². The van der Waals surface area contributed by atoms with Gasteiger partial charge in [-0.2, -0.15) is 0 Å². The highest BCUT2D eigenvalue weighted by molar-refractivity contribution is 6.42. The zero-order valence-electron chi connectivity index (χ0n) is 10.1. The van der Waals surface area contributed by atoms with E-state index < -0.39 is 0 Å². The van der Waals surface area contributed by atoms with Crippen molar-refractivity contribution in [1.29, 1.82) is 0 Å². The predicted octanol–water partition coefficient (Wildman–Crippen LogP) is 3.71. The van der Waals surface area contributed by atoms with Gasteiger partial charge < -0.3 is 9.73 Å². The van der Waals surface area contributed by atoms with Crippen molar-refractivity contribution in [2.45, 2.75) is 19.4 Å². The molecule has 0 fully saturated rings. The third-order valence-electron chi connectivity index (χ3n) is 2.66. The second-order valence-corrected chi connectivity index (χ2v) is 4.64. The molecule has 1 aromatic carbocycles.